The first kappa shape index (κ1) is 16.3. The van der Waals surface area contributed by atoms with Gasteiger partial charge in [-0.15, -0.1) is 5.10 Å². The lowest BCUT2D eigenvalue weighted by Gasteiger charge is -2.11. The number of tetrazole rings is 1. The Hall–Kier alpha value is -1.12. The molecule has 1 aromatic carbocycles. The fourth-order valence-electron chi connectivity index (χ4n) is 1.76. The van der Waals surface area contributed by atoms with Crippen molar-refractivity contribution in [3.8, 4) is 5.75 Å². The summed E-state index contributed by atoms with van der Waals surface area (Å²) in [5.74, 6) is 1.84. The SMILES string of the molecule is CCOc1ccc(Br)cc1CNCCSc1nnnn1C. The number of thioether (sulfide) groups is 1. The molecule has 21 heavy (non-hydrogen) atoms. The van der Waals surface area contributed by atoms with Crippen LogP contribution in [0.3, 0.4) is 0 Å². The van der Waals surface area contributed by atoms with Crippen LogP contribution in [0, 0.1) is 0 Å². The number of hydrogen-bond acceptors (Lipinski definition) is 6. The third kappa shape index (κ3) is 4.98. The highest BCUT2D eigenvalue weighted by atomic mass is 79.9. The first-order valence-corrected chi connectivity index (χ1v) is 8.45. The molecule has 2 aromatic rings. The molecule has 1 aromatic heterocycles. The molecule has 8 heteroatoms. The topological polar surface area (TPSA) is 64.9 Å². The van der Waals surface area contributed by atoms with Crippen LogP contribution in [0.4, 0.5) is 0 Å². The molecule has 1 N–H and O–H groups in total. The van der Waals surface area contributed by atoms with Gasteiger partial charge in [0.1, 0.15) is 5.75 Å². The molecule has 0 aliphatic carbocycles. The normalized spacial score (nSPS) is 10.8. The van der Waals surface area contributed by atoms with Crippen LogP contribution in [-0.4, -0.2) is 39.1 Å². The van der Waals surface area contributed by atoms with Crippen molar-refractivity contribution in [1.29, 1.82) is 0 Å². The predicted molar refractivity (Wildman–Crippen MR) is 86.5 cm³/mol. The van der Waals surface area contributed by atoms with Crippen LogP contribution in [0.1, 0.15) is 12.5 Å². The lowest BCUT2D eigenvalue weighted by atomic mass is 10.2. The highest BCUT2D eigenvalue weighted by molar-refractivity contribution is 9.10. The molecule has 0 atom stereocenters. The van der Waals surface area contributed by atoms with E-state index in [4.69, 9.17) is 4.74 Å². The third-order valence-electron chi connectivity index (χ3n) is 2.73. The van der Waals surface area contributed by atoms with Crippen LogP contribution >= 0.6 is 27.7 Å². The number of nitrogens with one attached hydrogen (secondary N) is 1. The van der Waals surface area contributed by atoms with E-state index in [-0.39, 0.29) is 0 Å². The summed E-state index contributed by atoms with van der Waals surface area (Å²) in [6, 6.07) is 6.06. The molecule has 0 spiro atoms. The molecule has 0 aliphatic heterocycles. The van der Waals surface area contributed by atoms with Gasteiger partial charge in [0, 0.05) is 35.9 Å². The second-order valence-corrected chi connectivity index (χ2v) is 6.27. The smallest absolute Gasteiger partial charge is 0.209 e. The molecule has 114 valence electrons. The van der Waals surface area contributed by atoms with Crippen molar-refractivity contribution in [3.05, 3.63) is 28.2 Å². The second kappa shape index (κ2) is 8.35. The maximum atomic E-state index is 5.63. The summed E-state index contributed by atoms with van der Waals surface area (Å²) < 4.78 is 8.36. The second-order valence-electron chi connectivity index (χ2n) is 4.30. The summed E-state index contributed by atoms with van der Waals surface area (Å²) in [6.45, 7) is 4.30. The van der Waals surface area contributed by atoms with Gasteiger partial charge >= 0.3 is 0 Å². The lowest BCUT2D eigenvalue weighted by Crippen LogP contribution is -2.17. The molecular weight excluding hydrogens is 354 g/mol. The average molecular weight is 372 g/mol. The molecule has 0 radical (unpaired) electrons. The number of halogens is 1. The molecule has 0 bridgehead atoms. The van der Waals surface area contributed by atoms with Gasteiger partial charge in [-0.2, -0.15) is 0 Å². The van der Waals surface area contributed by atoms with Gasteiger partial charge in [0.05, 0.1) is 6.61 Å². The van der Waals surface area contributed by atoms with Crippen molar-refractivity contribution < 1.29 is 4.74 Å². The fourth-order valence-corrected chi connectivity index (χ4v) is 2.92. The Morgan fingerprint density at radius 3 is 3.00 bits per heavy atom. The summed E-state index contributed by atoms with van der Waals surface area (Å²) >= 11 is 5.12. The van der Waals surface area contributed by atoms with E-state index in [9.17, 15) is 0 Å². The summed E-state index contributed by atoms with van der Waals surface area (Å²) in [6.07, 6.45) is 0. The van der Waals surface area contributed by atoms with E-state index in [1.165, 1.54) is 0 Å². The van der Waals surface area contributed by atoms with Crippen LogP contribution in [0.5, 0.6) is 5.75 Å². The van der Waals surface area contributed by atoms with Gasteiger partial charge in [-0.3, -0.25) is 0 Å². The zero-order valence-corrected chi connectivity index (χ0v) is 14.4. The molecule has 0 saturated heterocycles. The average Bonchev–Trinajstić information content (AvgIpc) is 2.87. The van der Waals surface area contributed by atoms with E-state index in [1.54, 1.807) is 16.4 Å². The van der Waals surface area contributed by atoms with E-state index in [0.29, 0.717) is 6.61 Å². The first-order chi connectivity index (χ1) is 10.2. The Labute approximate surface area is 136 Å². The predicted octanol–water partition coefficient (Wildman–Crippen LogP) is 2.25. The zero-order valence-electron chi connectivity index (χ0n) is 12.0. The highest BCUT2D eigenvalue weighted by Gasteiger charge is 2.05. The van der Waals surface area contributed by atoms with Crippen molar-refractivity contribution in [2.75, 3.05) is 18.9 Å². The van der Waals surface area contributed by atoms with Gasteiger partial charge in [0.2, 0.25) is 5.16 Å². The lowest BCUT2D eigenvalue weighted by molar-refractivity contribution is 0.335. The molecule has 0 unspecified atom stereocenters. The first-order valence-electron chi connectivity index (χ1n) is 6.67. The molecule has 0 aliphatic rings. The molecule has 1 heterocycles. The van der Waals surface area contributed by atoms with Gasteiger partial charge in [-0.25, -0.2) is 4.68 Å². The Kier molecular flexibility index (Phi) is 6.47. The van der Waals surface area contributed by atoms with Crippen molar-refractivity contribution >= 4 is 27.7 Å². The van der Waals surface area contributed by atoms with Gasteiger partial charge < -0.3 is 10.1 Å². The van der Waals surface area contributed by atoms with E-state index in [1.807, 2.05) is 26.1 Å². The van der Waals surface area contributed by atoms with Crippen molar-refractivity contribution in [1.82, 2.24) is 25.5 Å². The van der Waals surface area contributed by atoms with Crippen LogP contribution in [0.2, 0.25) is 0 Å². The van der Waals surface area contributed by atoms with Crippen LogP contribution in [0.15, 0.2) is 27.8 Å². The van der Waals surface area contributed by atoms with Gasteiger partial charge in [-0.1, -0.05) is 27.7 Å². The van der Waals surface area contributed by atoms with E-state index < -0.39 is 0 Å². The minimum Gasteiger partial charge on any atom is -0.494 e. The van der Waals surface area contributed by atoms with Gasteiger partial charge in [-0.05, 0) is 35.5 Å². The number of benzene rings is 1. The Balaban J connectivity index is 1.78. The molecule has 0 amide bonds. The van der Waals surface area contributed by atoms with E-state index in [0.717, 1.165) is 39.8 Å². The number of nitrogens with zero attached hydrogens (tertiary/aromatic N) is 4. The maximum Gasteiger partial charge on any atom is 0.209 e. The van der Waals surface area contributed by atoms with Gasteiger partial charge in [0.25, 0.3) is 0 Å². The molecule has 0 fully saturated rings. The Morgan fingerprint density at radius 1 is 1.43 bits per heavy atom. The summed E-state index contributed by atoms with van der Waals surface area (Å²) in [5.41, 5.74) is 1.15. The Morgan fingerprint density at radius 2 is 2.29 bits per heavy atom. The van der Waals surface area contributed by atoms with Crippen LogP contribution in [0.25, 0.3) is 0 Å². The molecule has 2 rings (SSSR count). The summed E-state index contributed by atoms with van der Waals surface area (Å²) in [7, 11) is 1.84. The molecular formula is C13H18BrN5OS. The monoisotopic (exact) mass is 371 g/mol. The highest BCUT2D eigenvalue weighted by Crippen LogP contribution is 2.23. The number of aryl methyl sites for hydroxylation is 1. The van der Waals surface area contributed by atoms with Crippen molar-refractivity contribution in [3.63, 3.8) is 0 Å². The number of aromatic nitrogens is 4. The third-order valence-corrected chi connectivity index (χ3v) is 4.23. The fraction of sp³-hybridized carbons (Fsp3) is 0.462. The van der Waals surface area contributed by atoms with Crippen molar-refractivity contribution in [2.45, 2.75) is 18.6 Å². The minimum atomic E-state index is 0.670. The largest absolute Gasteiger partial charge is 0.494 e. The maximum absolute atomic E-state index is 5.63. The van der Waals surface area contributed by atoms with Crippen LogP contribution < -0.4 is 10.1 Å². The minimum absolute atomic E-state index is 0.670. The quantitative estimate of drug-likeness (QED) is 0.567. The number of ether oxygens (including phenoxy) is 1. The molecule has 6 nitrogen and oxygen atoms in total. The number of rotatable bonds is 8. The van der Waals surface area contributed by atoms with E-state index >= 15 is 0 Å². The van der Waals surface area contributed by atoms with E-state index in [2.05, 4.69) is 42.8 Å². The molecule has 0 saturated carbocycles. The van der Waals surface area contributed by atoms with Gasteiger partial charge in [0.15, 0.2) is 0 Å². The Bertz CT molecular complexity index is 577. The van der Waals surface area contributed by atoms with Crippen LogP contribution in [-0.2, 0) is 13.6 Å². The summed E-state index contributed by atoms with van der Waals surface area (Å²) in [5, 5.41) is 15.6. The van der Waals surface area contributed by atoms with Crippen molar-refractivity contribution in [2.24, 2.45) is 7.05 Å². The summed E-state index contributed by atoms with van der Waals surface area (Å²) in [4.78, 5) is 0. The number of hydrogen-bond donors (Lipinski definition) is 1. The standard InChI is InChI=1S/C13H18BrN5OS/c1-3-20-12-5-4-11(14)8-10(12)9-15-6-7-21-13-16-17-18-19(13)2/h4-5,8,15H,3,6-7,9H2,1-2H3. The zero-order chi connectivity index (χ0) is 15.1.